The number of ether oxygens (including phenoxy) is 1. The van der Waals surface area contributed by atoms with E-state index in [9.17, 15) is 0 Å². The maximum absolute atomic E-state index is 5.77. The average Bonchev–Trinajstić information content (AvgIpc) is 2.87. The van der Waals surface area contributed by atoms with Gasteiger partial charge in [-0.2, -0.15) is 11.8 Å². The molecule has 1 saturated carbocycles. The Bertz CT molecular complexity index is 468. The zero-order chi connectivity index (χ0) is 13.9. The summed E-state index contributed by atoms with van der Waals surface area (Å²) in [5, 5.41) is 4.74. The Morgan fingerprint density at radius 3 is 3.10 bits per heavy atom. The van der Waals surface area contributed by atoms with E-state index in [-0.39, 0.29) is 0 Å². The molecule has 2 nitrogen and oxygen atoms in total. The summed E-state index contributed by atoms with van der Waals surface area (Å²) in [6.07, 6.45) is 5.08. The van der Waals surface area contributed by atoms with Crippen molar-refractivity contribution in [2.24, 2.45) is 0 Å². The summed E-state index contributed by atoms with van der Waals surface area (Å²) < 4.78 is 6.91. The van der Waals surface area contributed by atoms with Crippen molar-refractivity contribution in [3.05, 3.63) is 28.2 Å². The predicted octanol–water partition coefficient (Wildman–Crippen LogP) is 4.54. The third-order valence-corrected chi connectivity index (χ3v) is 5.96. The lowest BCUT2D eigenvalue weighted by Crippen LogP contribution is -2.34. The largest absolute Gasteiger partial charge is 0.493 e. The number of thioether (sulfide) groups is 1. The highest BCUT2D eigenvalue weighted by Gasteiger charge is 2.29. The second kappa shape index (κ2) is 6.71. The lowest BCUT2D eigenvalue weighted by Gasteiger charge is -2.29. The Morgan fingerprint density at radius 2 is 2.25 bits per heavy atom. The van der Waals surface area contributed by atoms with Crippen molar-refractivity contribution >= 4 is 27.7 Å². The van der Waals surface area contributed by atoms with Crippen LogP contribution in [0.15, 0.2) is 22.7 Å². The Hall–Kier alpha value is -0.190. The lowest BCUT2D eigenvalue weighted by atomic mass is 9.99. The molecule has 2 aliphatic rings. The van der Waals surface area contributed by atoms with Gasteiger partial charge in [-0.25, -0.2) is 0 Å². The number of hydrogen-bond acceptors (Lipinski definition) is 3. The molecule has 0 aromatic heterocycles. The van der Waals surface area contributed by atoms with E-state index in [1.165, 1.54) is 30.6 Å². The molecule has 3 unspecified atom stereocenters. The molecule has 0 saturated heterocycles. The molecule has 0 spiro atoms. The Balaban J connectivity index is 1.66. The van der Waals surface area contributed by atoms with Gasteiger partial charge >= 0.3 is 0 Å². The minimum absolute atomic E-state index is 0.451. The molecule has 1 aliphatic heterocycles. The SMILES string of the molecule is CCSC1CCC(NC2CCOc3ccc(Br)cc32)C1. The van der Waals surface area contributed by atoms with E-state index in [0.717, 1.165) is 28.5 Å². The van der Waals surface area contributed by atoms with Gasteiger partial charge in [-0.3, -0.25) is 0 Å². The van der Waals surface area contributed by atoms with E-state index in [1.807, 2.05) is 0 Å². The van der Waals surface area contributed by atoms with Crippen LogP contribution in [-0.4, -0.2) is 23.7 Å². The molecule has 0 radical (unpaired) electrons. The molecule has 4 heteroatoms. The number of rotatable bonds is 4. The van der Waals surface area contributed by atoms with Crippen LogP contribution in [0, 0.1) is 0 Å². The van der Waals surface area contributed by atoms with E-state index >= 15 is 0 Å². The normalized spacial score (nSPS) is 29.0. The monoisotopic (exact) mass is 355 g/mol. The first-order valence-electron chi connectivity index (χ1n) is 7.56. The third kappa shape index (κ3) is 3.34. The highest BCUT2D eigenvalue weighted by molar-refractivity contribution is 9.10. The molecule has 3 rings (SSSR count). The minimum Gasteiger partial charge on any atom is -0.493 e. The molecule has 1 fully saturated rings. The molecule has 110 valence electrons. The molecule has 20 heavy (non-hydrogen) atoms. The number of benzene rings is 1. The summed E-state index contributed by atoms with van der Waals surface area (Å²) >= 11 is 5.69. The molecule has 0 amide bonds. The van der Waals surface area contributed by atoms with Gasteiger partial charge in [0.05, 0.1) is 6.61 Å². The summed E-state index contributed by atoms with van der Waals surface area (Å²) in [5.74, 6) is 2.29. The van der Waals surface area contributed by atoms with Crippen LogP contribution in [0.2, 0.25) is 0 Å². The van der Waals surface area contributed by atoms with E-state index < -0.39 is 0 Å². The van der Waals surface area contributed by atoms with Crippen LogP contribution >= 0.6 is 27.7 Å². The zero-order valence-corrected chi connectivity index (χ0v) is 14.3. The van der Waals surface area contributed by atoms with Gasteiger partial charge in [0.25, 0.3) is 0 Å². The standard InChI is InChI=1S/C16H22BrNOS/c1-2-20-13-5-4-12(10-13)18-15-7-8-19-16-6-3-11(17)9-14(15)16/h3,6,9,12-13,15,18H,2,4-5,7-8,10H2,1H3. The fourth-order valence-electron chi connectivity index (χ4n) is 3.30. The maximum Gasteiger partial charge on any atom is 0.124 e. The van der Waals surface area contributed by atoms with Crippen molar-refractivity contribution in [3.8, 4) is 5.75 Å². The van der Waals surface area contributed by atoms with Gasteiger partial charge in [-0.15, -0.1) is 0 Å². The van der Waals surface area contributed by atoms with Crippen molar-refractivity contribution in [1.29, 1.82) is 0 Å². The van der Waals surface area contributed by atoms with Crippen LogP contribution in [0.3, 0.4) is 0 Å². The first-order chi connectivity index (χ1) is 9.76. The van der Waals surface area contributed by atoms with E-state index in [0.29, 0.717) is 12.1 Å². The van der Waals surface area contributed by atoms with Gasteiger partial charge in [-0.1, -0.05) is 22.9 Å². The second-order valence-electron chi connectivity index (χ2n) is 5.63. The van der Waals surface area contributed by atoms with Gasteiger partial charge in [-0.05, 0) is 43.2 Å². The first kappa shape index (κ1) is 14.7. The molecule has 1 aromatic carbocycles. The van der Waals surface area contributed by atoms with Crippen molar-refractivity contribution < 1.29 is 4.74 Å². The Kier molecular flexibility index (Phi) is 4.95. The molecule has 1 aromatic rings. The van der Waals surface area contributed by atoms with Crippen molar-refractivity contribution in [2.75, 3.05) is 12.4 Å². The molecule has 1 N–H and O–H groups in total. The van der Waals surface area contributed by atoms with E-state index in [4.69, 9.17) is 4.74 Å². The predicted molar refractivity (Wildman–Crippen MR) is 89.7 cm³/mol. The van der Waals surface area contributed by atoms with Gasteiger partial charge in [0, 0.05) is 33.8 Å². The maximum atomic E-state index is 5.77. The molecule has 3 atom stereocenters. The Labute approximate surface area is 134 Å². The quantitative estimate of drug-likeness (QED) is 0.856. The van der Waals surface area contributed by atoms with Gasteiger partial charge in [0.2, 0.25) is 0 Å². The van der Waals surface area contributed by atoms with E-state index in [1.54, 1.807) is 0 Å². The van der Waals surface area contributed by atoms with Crippen LogP contribution in [0.25, 0.3) is 0 Å². The number of hydrogen-bond donors (Lipinski definition) is 1. The molecular weight excluding hydrogens is 334 g/mol. The van der Waals surface area contributed by atoms with Gasteiger partial charge in [0.1, 0.15) is 5.75 Å². The van der Waals surface area contributed by atoms with Crippen LogP contribution < -0.4 is 10.1 Å². The molecule has 0 bridgehead atoms. The van der Waals surface area contributed by atoms with Crippen LogP contribution in [0.5, 0.6) is 5.75 Å². The van der Waals surface area contributed by atoms with Crippen molar-refractivity contribution in [2.45, 2.75) is 49.9 Å². The van der Waals surface area contributed by atoms with Crippen LogP contribution in [-0.2, 0) is 0 Å². The topological polar surface area (TPSA) is 21.3 Å². The summed E-state index contributed by atoms with van der Waals surface area (Å²) in [6.45, 7) is 3.09. The van der Waals surface area contributed by atoms with Crippen LogP contribution in [0.1, 0.15) is 44.2 Å². The average molecular weight is 356 g/mol. The lowest BCUT2D eigenvalue weighted by molar-refractivity contribution is 0.244. The second-order valence-corrected chi connectivity index (χ2v) is 8.12. The summed E-state index contributed by atoms with van der Waals surface area (Å²) in [7, 11) is 0. The Morgan fingerprint density at radius 1 is 1.35 bits per heavy atom. The number of halogens is 1. The van der Waals surface area contributed by atoms with Crippen molar-refractivity contribution in [1.82, 2.24) is 5.32 Å². The highest BCUT2D eigenvalue weighted by atomic mass is 79.9. The molecular formula is C16H22BrNOS. The molecule has 1 heterocycles. The van der Waals surface area contributed by atoms with Crippen LogP contribution in [0.4, 0.5) is 0 Å². The number of fused-ring (bicyclic) bond motifs is 1. The third-order valence-electron chi connectivity index (χ3n) is 4.24. The summed E-state index contributed by atoms with van der Waals surface area (Å²) in [4.78, 5) is 0. The smallest absolute Gasteiger partial charge is 0.124 e. The minimum atomic E-state index is 0.451. The first-order valence-corrected chi connectivity index (χ1v) is 9.40. The fraction of sp³-hybridized carbons (Fsp3) is 0.625. The summed E-state index contributed by atoms with van der Waals surface area (Å²) in [6, 6.07) is 7.47. The van der Waals surface area contributed by atoms with Gasteiger partial charge < -0.3 is 10.1 Å². The van der Waals surface area contributed by atoms with E-state index in [2.05, 4.69) is 58.1 Å². The number of nitrogens with one attached hydrogen (secondary N) is 1. The molecule has 1 aliphatic carbocycles. The zero-order valence-electron chi connectivity index (χ0n) is 11.9. The fourth-order valence-corrected chi connectivity index (χ4v) is 4.82. The highest BCUT2D eigenvalue weighted by Crippen LogP contribution is 2.37. The summed E-state index contributed by atoms with van der Waals surface area (Å²) in [5.41, 5.74) is 1.32. The van der Waals surface area contributed by atoms with Crippen molar-refractivity contribution in [3.63, 3.8) is 0 Å². The van der Waals surface area contributed by atoms with Gasteiger partial charge in [0.15, 0.2) is 0 Å².